The van der Waals surface area contributed by atoms with E-state index >= 15 is 0 Å². The predicted molar refractivity (Wildman–Crippen MR) is 147 cm³/mol. The smallest absolute Gasteiger partial charge is 0.144 e. The Kier molecular flexibility index (Phi) is 3.94. The van der Waals surface area contributed by atoms with Crippen LogP contribution in [0.25, 0.3) is 76.9 Å². The molecule has 168 valence electrons. The van der Waals surface area contributed by atoms with E-state index < -0.39 is 0 Å². The van der Waals surface area contributed by atoms with Gasteiger partial charge in [-0.2, -0.15) is 0 Å². The summed E-state index contributed by atoms with van der Waals surface area (Å²) in [5.74, 6) is 0. The molecule has 0 fully saturated rings. The average molecular weight is 462 g/mol. The summed E-state index contributed by atoms with van der Waals surface area (Å²) in [4.78, 5) is 4.26. The summed E-state index contributed by atoms with van der Waals surface area (Å²) < 4.78 is 13.0. The molecule has 5 aromatic carbocycles. The second kappa shape index (κ2) is 7.30. The normalized spacial score (nSPS) is 11.9. The first kappa shape index (κ1) is 19.4. The third-order valence-electron chi connectivity index (χ3n) is 7.16. The van der Waals surface area contributed by atoms with E-state index in [9.17, 15) is 0 Å². The van der Waals surface area contributed by atoms with E-state index in [0.29, 0.717) is 0 Å². The lowest BCUT2D eigenvalue weighted by Crippen LogP contribution is -1.83. The Morgan fingerprint density at radius 3 is 2.17 bits per heavy atom. The van der Waals surface area contributed by atoms with Crippen LogP contribution in [0.3, 0.4) is 0 Å². The van der Waals surface area contributed by atoms with Crippen LogP contribution in [-0.2, 0) is 0 Å². The van der Waals surface area contributed by atoms with Crippen LogP contribution in [0.2, 0.25) is 0 Å². The predicted octanol–water partition coefficient (Wildman–Crippen LogP) is 9.37. The largest absolute Gasteiger partial charge is 0.456 e. The average Bonchev–Trinajstić information content (AvgIpc) is 3.51. The molecular formula is C33H19NO2. The highest BCUT2D eigenvalue weighted by Crippen LogP contribution is 2.46. The molecule has 3 aromatic heterocycles. The van der Waals surface area contributed by atoms with Crippen molar-refractivity contribution in [2.45, 2.75) is 0 Å². The zero-order chi connectivity index (χ0) is 23.6. The molecule has 0 saturated carbocycles. The highest BCUT2D eigenvalue weighted by molar-refractivity contribution is 6.32. The van der Waals surface area contributed by atoms with E-state index in [4.69, 9.17) is 8.83 Å². The lowest BCUT2D eigenvalue weighted by Gasteiger charge is -2.07. The van der Waals surface area contributed by atoms with E-state index in [1.54, 1.807) is 6.20 Å². The van der Waals surface area contributed by atoms with Crippen molar-refractivity contribution in [1.82, 2.24) is 4.98 Å². The molecule has 0 amide bonds. The van der Waals surface area contributed by atoms with Gasteiger partial charge in [0.05, 0.1) is 0 Å². The first-order valence-corrected chi connectivity index (χ1v) is 12.0. The molecule has 8 rings (SSSR count). The molecule has 0 saturated heterocycles. The molecule has 0 N–H and O–H groups in total. The van der Waals surface area contributed by atoms with E-state index in [1.807, 2.05) is 24.4 Å². The Hall–Kier alpha value is -4.89. The zero-order valence-electron chi connectivity index (χ0n) is 19.2. The van der Waals surface area contributed by atoms with Gasteiger partial charge in [-0.15, -0.1) is 0 Å². The molecule has 0 radical (unpaired) electrons. The number of nitrogens with zero attached hydrogens (tertiary/aromatic N) is 1. The number of benzene rings is 5. The number of fused-ring (bicyclic) bond motifs is 9. The molecule has 0 unspecified atom stereocenters. The minimum absolute atomic E-state index is 0.867. The fourth-order valence-electron chi connectivity index (χ4n) is 5.51. The summed E-state index contributed by atoms with van der Waals surface area (Å²) in [6, 6.07) is 35.7. The summed E-state index contributed by atoms with van der Waals surface area (Å²) in [6.45, 7) is 0. The van der Waals surface area contributed by atoms with Crippen molar-refractivity contribution in [2.75, 3.05) is 0 Å². The fourth-order valence-corrected chi connectivity index (χ4v) is 5.51. The number of aromatic nitrogens is 1. The molecule has 0 atom stereocenters. The standard InChI is InChI=1S/C33H19NO2/c1-2-8-24-21(6-1)15-16-28-30(24)32-29(35-28)18-26(33-31(32)25-9-3-4-10-27(25)36-33)22-13-11-20(12-14-22)23-7-5-17-34-19-23/h1-19H. The summed E-state index contributed by atoms with van der Waals surface area (Å²) in [6.07, 6.45) is 3.68. The van der Waals surface area contributed by atoms with Gasteiger partial charge in [0.2, 0.25) is 0 Å². The number of pyridine rings is 1. The quantitative estimate of drug-likeness (QED) is 0.257. The van der Waals surface area contributed by atoms with Crippen molar-refractivity contribution in [3.8, 4) is 22.3 Å². The van der Waals surface area contributed by atoms with Gasteiger partial charge in [-0.05, 0) is 51.7 Å². The minimum Gasteiger partial charge on any atom is -0.456 e. The Balaban J connectivity index is 1.48. The van der Waals surface area contributed by atoms with Crippen molar-refractivity contribution in [3.05, 3.63) is 116 Å². The third kappa shape index (κ3) is 2.71. The molecule has 8 aromatic rings. The first-order valence-electron chi connectivity index (χ1n) is 12.0. The minimum atomic E-state index is 0.867. The molecule has 0 bridgehead atoms. The van der Waals surface area contributed by atoms with Crippen LogP contribution >= 0.6 is 0 Å². The number of hydrogen-bond acceptors (Lipinski definition) is 3. The van der Waals surface area contributed by atoms with Crippen LogP contribution in [0.4, 0.5) is 0 Å². The van der Waals surface area contributed by atoms with E-state index in [2.05, 4.69) is 89.9 Å². The maximum Gasteiger partial charge on any atom is 0.144 e. The van der Waals surface area contributed by atoms with Crippen LogP contribution in [0.15, 0.2) is 124 Å². The highest BCUT2D eigenvalue weighted by atomic mass is 16.3. The van der Waals surface area contributed by atoms with E-state index in [0.717, 1.165) is 66.1 Å². The first-order chi connectivity index (χ1) is 17.8. The van der Waals surface area contributed by atoms with Crippen molar-refractivity contribution in [3.63, 3.8) is 0 Å². The van der Waals surface area contributed by atoms with Crippen LogP contribution < -0.4 is 0 Å². The Bertz CT molecular complexity index is 2080. The number of rotatable bonds is 2. The van der Waals surface area contributed by atoms with Gasteiger partial charge in [0.25, 0.3) is 0 Å². The van der Waals surface area contributed by atoms with Crippen molar-refractivity contribution < 1.29 is 8.83 Å². The Labute approximate surface area is 206 Å². The topological polar surface area (TPSA) is 39.2 Å². The van der Waals surface area contributed by atoms with Crippen molar-refractivity contribution in [2.24, 2.45) is 0 Å². The van der Waals surface area contributed by atoms with Gasteiger partial charge in [-0.3, -0.25) is 4.98 Å². The lowest BCUT2D eigenvalue weighted by molar-refractivity contribution is 0.664. The summed E-state index contributed by atoms with van der Waals surface area (Å²) >= 11 is 0. The summed E-state index contributed by atoms with van der Waals surface area (Å²) in [5, 5.41) is 6.83. The number of hydrogen-bond donors (Lipinski definition) is 0. The SMILES string of the molecule is c1cncc(-c2ccc(-c3cc4oc5ccc6ccccc6c5c4c4c3oc3ccccc34)cc2)c1. The van der Waals surface area contributed by atoms with Gasteiger partial charge >= 0.3 is 0 Å². The molecule has 3 heteroatoms. The molecule has 0 spiro atoms. The molecule has 36 heavy (non-hydrogen) atoms. The number of furan rings is 2. The third-order valence-corrected chi connectivity index (χ3v) is 7.16. The van der Waals surface area contributed by atoms with Crippen LogP contribution in [0.1, 0.15) is 0 Å². The number of para-hydroxylation sites is 1. The van der Waals surface area contributed by atoms with Crippen LogP contribution in [0.5, 0.6) is 0 Å². The second-order valence-electron chi connectivity index (χ2n) is 9.18. The lowest BCUT2D eigenvalue weighted by atomic mass is 9.95. The summed E-state index contributed by atoms with van der Waals surface area (Å²) in [5.41, 5.74) is 7.85. The Morgan fingerprint density at radius 1 is 0.500 bits per heavy atom. The van der Waals surface area contributed by atoms with Gasteiger partial charge in [-0.1, -0.05) is 78.9 Å². The van der Waals surface area contributed by atoms with E-state index in [-0.39, 0.29) is 0 Å². The molecule has 3 nitrogen and oxygen atoms in total. The van der Waals surface area contributed by atoms with Crippen LogP contribution in [0, 0.1) is 0 Å². The molecule has 0 aliphatic carbocycles. The van der Waals surface area contributed by atoms with Crippen molar-refractivity contribution >= 4 is 54.6 Å². The maximum atomic E-state index is 6.54. The second-order valence-corrected chi connectivity index (χ2v) is 9.18. The fraction of sp³-hybridized carbons (Fsp3) is 0. The monoisotopic (exact) mass is 461 g/mol. The van der Waals surface area contributed by atoms with E-state index in [1.165, 1.54) is 10.8 Å². The molecule has 0 aliphatic rings. The summed E-state index contributed by atoms with van der Waals surface area (Å²) in [7, 11) is 0. The maximum absolute atomic E-state index is 6.54. The highest BCUT2D eigenvalue weighted by Gasteiger charge is 2.21. The molecule has 3 heterocycles. The van der Waals surface area contributed by atoms with Gasteiger partial charge in [0, 0.05) is 39.5 Å². The van der Waals surface area contributed by atoms with Gasteiger partial charge in [0.15, 0.2) is 0 Å². The molecular weight excluding hydrogens is 442 g/mol. The zero-order valence-corrected chi connectivity index (χ0v) is 19.2. The van der Waals surface area contributed by atoms with Crippen LogP contribution in [-0.4, -0.2) is 4.98 Å². The van der Waals surface area contributed by atoms with Gasteiger partial charge < -0.3 is 8.83 Å². The Morgan fingerprint density at radius 2 is 1.31 bits per heavy atom. The van der Waals surface area contributed by atoms with Crippen molar-refractivity contribution in [1.29, 1.82) is 0 Å². The van der Waals surface area contributed by atoms with Gasteiger partial charge in [0.1, 0.15) is 22.3 Å². The molecule has 0 aliphatic heterocycles. The van der Waals surface area contributed by atoms with Gasteiger partial charge in [-0.25, -0.2) is 0 Å².